The lowest BCUT2D eigenvalue weighted by atomic mass is 9.89. The number of thiophene rings is 1. The molecule has 0 atom stereocenters. The van der Waals surface area contributed by atoms with Crippen molar-refractivity contribution in [1.29, 1.82) is 0 Å². The predicted molar refractivity (Wildman–Crippen MR) is 198 cm³/mol. The molecule has 1 heterocycles. The van der Waals surface area contributed by atoms with E-state index in [1.165, 1.54) is 96.3 Å². The SMILES string of the molecule is c1cc(-c2ccc3c(c2)c2ccccc2c2c3ccc3sc4cc5ccccc5cc4c32)cc(-c2cccc3ccccc23)c1. The van der Waals surface area contributed by atoms with Crippen molar-refractivity contribution >= 4 is 85.4 Å². The minimum absolute atomic E-state index is 1.23. The van der Waals surface area contributed by atoms with Crippen molar-refractivity contribution in [1.82, 2.24) is 0 Å². The van der Waals surface area contributed by atoms with Crippen LogP contribution in [0.15, 0.2) is 158 Å². The molecule has 10 rings (SSSR count). The number of rotatable bonds is 2. The molecule has 9 aromatic carbocycles. The number of benzene rings is 9. The van der Waals surface area contributed by atoms with Crippen molar-refractivity contribution in [3.05, 3.63) is 158 Å². The molecule has 0 aliphatic rings. The Morgan fingerprint density at radius 3 is 1.80 bits per heavy atom. The first kappa shape index (κ1) is 24.9. The van der Waals surface area contributed by atoms with Gasteiger partial charge in [-0.05, 0) is 106 Å². The standard InChI is InChI=1S/C44H26S/c1-2-11-30-26-42-40(25-29(30)10-1)44-41(45-42)22-21-38-36-20-19-31(24-39(36)35-16-5-6-17-37(35)43(38)44)28-13-7-14-32(23-28)34-18-8-12-27-9-3-4-15-33(27)34/h1-26H. The normalized spacial score (nSPS) is 12.0. The van der Waals surface area contributed by atoms with Gasteiger partial charge in [0, 0.05) is 20.2 Å². The molecule has 0 radical (unpaired) electrons. The highest BCUT2D eigenvalue weighted by Gasteiger charge is 2.16. The van der Waals surface area contributed by atoms with Crippen LogP contribution in [0, 0.1) is 0 Å². The van der Waals surface area contributed by atoms with Crippen LogP contribution in [0.25, 0.3) is 96.3 Å². The van der Waals surface area contributed by atoms with Crippen molar-refractivity contribution < 1.29 is 0 Å². The maximum absolute atomic E-state index is 2.41. The van der Waals surface area contributed by atoms with Crippen LogP contribution in [-0.4, -0.2) is 0 Å². The van der Waals surface area contributed by atoms with Gasteiger partial charge in [-0.3, -0.25) is 0 Å². The fourth-order valence-electron chi connectivity index (χ4n) is 7.52. The van der Waals surface area contributed by atoms with Crippen LogP contribution in [0.5, 0.6) is 0 Å². The lowest BCUT2D eigenvalue weighted by molar-refractivity contribution is 1.62. The van der Waals surface area contributed by atoms with Gasteiger partial charge in [0.1, 0.15) is 0 Å². The summed E-state index contributed by atoms with van der Waals surface area (Å²) in [4.78, 5) is 0. The molecule has 0 fully saturated rings. The molecule has 0 spiro atoms. The Morgan fingerprint density at radius 1 is 0.289 bits per heavy atom. The molecule has 1 aromatic heterocycles. The smallest absolute Gasteiger partial charge is 0.0362 e. The Bertz CT molecular complexity index is 2790. The van der Waals surface area contributed by atoms with Crippen molar-refractivity contribution in [2.24, 2.45) is 0 Å². The molecule has 10 aromatic rings. The second-order valence-electron chi connectivity index (χ2n) is 12.1. The molecule has 0 N–H and O–H groups in total. The third-order valence-corrected chi connectivity index (χ3v) is 10.7. The van der Waals surface area contributed by atoms with Crippen molar-refractivity contribution in [3.8, 4) is 22.3 Å². The molecule has 0 unspecified atom stereocenters. The molecule has 0 nitrogen and oxygen atoms in total. The molecule has 0 aliphatic carbocycles. The van der Waals surface area contributed by atoms with E-state index in [9.17, 15) is 0 Å². The minimum atomic E-state index is 1.23. The van der Waals surface area contributed by atoms with E-state index in [1.54, 1.807) is 0 Å². The van der Waals surface area contributed by atoms with Crippen LogP contribution in [0.1, 0.15) is 0 Å². The first-order chi connectivity index (χ1) is 22.3. The van der Waals surface area contributed by atoms with Crippen LogP contribution in [-0.2, 0) is 0 Å². The number of hydrogen-bond donors (Lipinski definition) is 0. The van der Waals surface area contributed by atoms with Gasteiger partial charge in [-0.1, -0.05) is 127 Å². The molecule has 0 bridgehead atoms. The van der Waals surface area contributed by atoms with Crippen LogP contribution >= 0.6 is 11.3 Å². The topological polar surface area (TPSA) is 0 Å². The lowest BCUT2D eigenvalue weighted by Crippen LogP contribution is -1.87. The van der Waals surface area contributed by atoms with Crippen molar-refractivity contribution in [2.75, 3.05) is 0 Å². The van der Waals surface area contributed by atoms with Gasteiger partial charge in [0.15, 0.2) is 0 Å². The zero-order chi connectivity index (χ0) is 29.5. The van der Waals surface area contributed by atoms with Gasteiger partial charge in [-0.25, -0.2) is 0 Å². The predicted octanol–water partition coefficient (Wildman–Crippen LogP) is 13.2. The summed E-state index contributed by atoms with van der Waals surface area (Å²) in [6.45, 7) is 0. The second-order valence-corrected chi connectivity index (χ2v) is 13.2. The van der Waals surface area contributed by atoms with Gasteiger partial charge in [0.25, 0.3) is 0 Å². The Balaban J connectivity index is 1.23. The Kier molecular flexibility index (Phi) is 5.25. The van der Waals surface area contributed by atoms with Gasteiger partial charge in [0.2, 0.25) is 0 Å². The van der Waals surface area contributed by atoms with Crippen LogP contribution in [0.2, 0.25) is 0 Å². The Labute approximate surface area is 264 Å². The lowest BCUT2D eigenvalue weighted by Gasteiger charge is -2.14. The van der Waals surface area contributed by atoms with Crippen molar-refractivity contribution in [2.45, 2.75) is 0 Å². The average molecular weight is 587 g/mol. The zero-order valence-electron chi connectivity index (χ0n) is 24.4. The summed E-state index contributed by atoms with van der Waals surface area (Å²) in [7, 11) is 0. The summed E-state index contributed by atoms with van der Waals surface area (Å²) >= 11 is 1.91. The molecule has 0 saturated carbocycles. The summed E-state index contributed by atoms with van der Waals surface area (Å²) in [5.41, 5.74) is 4.99. The van der Waals surface area contributed by atoms with Gasteiger partial charge >= 0.3 is 0 Å². The third-order valence-electron chi connectivity index (χ3n) is 9.60. The van der Waals surface area contributed by atoms with Gasteiger partial charge in [-0.15, -0.1) is 11.3 Å². The van der Waals surface area contributed by atoms with E-state index in [1.807, 2.05) is 11.3 Å². The summed E-state index contributed by atoms with van der Waals surface area (Å²) < 4.78 is 2.70. The first-order valence-corrected chi connectivity index (χ1v) is 16.3. The molecule has 0 saturated heterocycles. The molecular formula is C44H26S. The second kappa shape index (κ2) is 9.50. The summed E-state index contributed by atoms with van der Waals surface area (Å²) in [5, 5.41) is 15.8. The molecule has 0 amide bonds. The van der Waals surface area contributed by atoms with E-state index >= 15 is 0 Å². The van der Waals surface area contributed by atoms with E-state index in [-0.39, 0.29) is 0 Å². The van der Waals surface area contributed by atoms with Gasteiger partial charge in [0.05, 0.1) is 0 Å². The fourth-order valence-corrected chi connectivity index (χ4v) is 8.66. The molecule has 1 heteroatoms. The average Bonchev–Trinajstić information content (AvgIpc) is 3.47. The van der Waals surface area contributed by atoms with Crippen molar-refractivity contribution in [3.63, 3.8) is 0 Å². The van der Waals surface area contributed by atoms with E-state index in [4.69, 9.17) is 0 Å². The van der Waals surface area contributed by atoms with Gasteiger partial charge in [-0.2, -0.15) is 0 Å². The van der Waals surface area contributed by atoms with Gasteiger partial charge < -0.3 is 0 Å². The van der Waals surface area contributed by atoms with E-state index in [0.29, 0.717) is 0 Å². The monoisotopic (exact) mass is 586 g/mol. The fraction of sp³-hybridized carbons (Fsp3) is 0. The molecule has 0 aliphatic heterocycles. The maximum Gasteiger partial charge on any atom is 0.0362 e. The highest BCUT2D eigenvalue weighted by Crippen LogP contribution is 2.46. The zero-order valence-corrected chi connectivity index (χ0v) is 25.2. The largest absolute Gasteiger partial charge is 0.135 e. The van der Waals surface area contributed by atoms with E-state index < -0.39 is 0 Å². The van der Waals surface area contributed by atoms with Crippen LogP contribution < -0.4 is 0 Å². The van der Waals surface area contributed by atoms with Crippen LogP contribution in [0.3, 0.4) is 0 Å². The Morgan fingerprint density at radius 2 is 0.911 bits per heavy atom. The van der Waals surface area contributed by atoms with E-state index in [0.717, 1.165) is 0 Å². The van der Waals surface area contributed by atoms with E-state index in [2.05, 4.69) is 158 Å². The highest BCUT2D eigenvalue weighted by molar-refractivity contribution is 7.26. The summed E-state index contributed by atoms with van der Waals surface area (Å²) in [5.74, 6) is 0. The quantitative estimate of drug-likeness (QED) is 0.177. The number of hydrogen-bond acceptors (Lipinski definition) is 1. The first-order valence-electron chi connectivity index (χ1n) is 15.5. The molecular weight excluding hydrogens is 561 g/mol. The molecule has 45 heavy (non-hydrogen) atoms. The summed E-state index contributed by atoms with van der Waals surface area (Å²) in [6.07, 6.45) is 0. The molecule has 208 valence electrons. The minimum Gasteiger partial charge on any atom is -0.135 e. The summed E-state index contributed by atoms with van der Waals surface area (Å²) in [6, 6.07) is 58.5. The third kappa shape index (κ3) is 3.72. The highest BCUT2D eigenvalue weighted by atomic mass is 32.1. The Hall–Kier alpha value is -5.50. The maximum atomic E-state index is 2.41. The number of fused-ring (bicyclic) bond motifs is 12. The van der Waals surface area contributed by atoms with Crippen LogP contribution in [0.4, 0.5) is 0 Å².